The number of rotatable bonds is 10. The first-order chi connectivity index (χ1) is 14.8. The fourth-order valence-corrected chi connectivity index (χ4v) is 4.51. The highest BCUT2D eigenvalue weighted by atomic mass is 15.2. The van der Waals surface area contributed by atoms with Crippen LogP contribution in [0.25, 0.3) is 0 Å². The number of aryl methyl sites for hydroxylation is 1. The second kappa shape index (κ2) is 12.5. The minimum atomic E-state index is 0.527. The SMILES string of the molecule is CCCCc1ccc(C=NN=C(c2ccccc2)[C@H]2CC[C@H](CCCC)CC2)cc1. The first-order valence-electron chi connectivity index (χ1n) is 12.1. The van der Waals surface area contributed by atoms with Gasteiger partial charge in [-0.3, -0.25) is 0 Å². The Morgan fingerprint density at radius 1 is 0.867 bits per heavy atom. The van der Waals surface area contributed by atoms with Gasteiger partial charge in [0.2, 0.25) is 0 Å². The number of hydrogen-bond acceptors (Lipinski definition) is 2. The number of benzene rings is 2. The molecule has 0 unspecified atom stereocenters. The van der Waals surface area contributed by atoms with E-state index in [0.717, 1.165) is 17.9 Å². The maximum absolute atomic E-state index is 4.76. The maximum Gasteiger partial charge on any atom is 0.0733 e. The summed E-state index contributed by atoms with van der Waals surface area (Å²) in [6.45, 7) is 4.53. The Hall–Kier alpha value is -2.22. The van der Waals surface area contributed by atoms with Crippen molar-refractivity contribution in [2.75, 3.05) is 0 Å². The molecule has 3 rings (SSSR count). The first-order valence-corrected chi connectivity index (χ1v) is 12.1. The van der Waals surface area contributed by atoms with Gasteiger partial charge in [0.05, 0.1) is 11.9 Å². The lowest BCUT2D eigenvalue weighted by atomic mass is 9.76. The van der Waals surface area contributed by atoms with Gasteiger partial charge in [0.15, 0.2) is 0 Å². The molecule has 2 aromatic rings. The van der Waals surface area contributed by atoms with Crippen LogP contribution < -0.4 is 0 Å². The van der Waals surface area contributed by atoms with E-state index in [9.17, 15) is 0 Å². The van der Waals surface area contributed by atoms with E-state index in [1.807, 2.05) is 6.21 Å². The molecule has 1 saturated carbocycles. The van der Waals surface area contributed by atoms with Crippen LogP contribution in [-0.2, 0) is 6.42 Å². The molecule has 30 heavy (non-hydrogen) atoms. The minimum Gasteiger partial charge on any atom is -0.158 e. The Bertz CT molecular complexity index is 781. The van der Waals surface area contributed by atoms with Crippen molar-refractivity contribution < 1.29 is 0 Å². The fraction of sp³-hybridized carbons (Fsp3) is 0.500. The Morgan fingerprint density at radius 2 is 1.57 bits per heavy atom. The molecule has 0 bridgehead atoms. The smallest absolute Gasteiger partial charge is 0.0733 e. The fourth-order valence-electron chi connectivity index (χ4n) is 4.51. The second-order valence-corrected chi connectivity index (χ2v) is 8.80. The number of hydrogen-bond donors (Lipinski definition) is 0. The van der Waals surface area contributed by atoms with Crippen LogP contribution in [0.2, 0.25) is 0 Å². The molecule has 1 fully saturated rings. The van der Waals surface area contributed by atoms with Crippen LogP contribution in [-0.4, -0.2) is 11.9 Å². The summed E-state index contributed by atoms with van der Waals surface area (Å²) in [5, 5.41) is 9.28. The topological polar surface area (TPSA) is 24.7 Å². The lowest BCUT2D eigenvalue weighted by molar-refractivity contribution is 0.301. The molecule has 0 spiro atoms. The predicted molar refractivity (Wildman–Crippen MR) is 131 cm³/mol. The predicted octanol–water partition coefficient (Wildman–Crippen LogP) is 7.85. The third-order valence-corrected chi connectivity index (χ3v) is 6.44. The average molecular weight is 403 g/mol. The summed E-state index contributed by atoms with van der Waals surface area (Å²) in [6, 6.07) is 19.4. The zero-order chi connectivity index (χ0) is 21.0. The van der Waals surface area contributed by atoms with Gasteiger partial charge < -0.3 is 0 Å². The summed E-state index contributed by atoms with van der Waals surface area (Å²) < 4.78 is 0. The van der Waals surface area contributed by atoms with E-state index >= 15 is 0 Å². The molecule has 2 aromatic carbocycles. The molecule has 1 aliphatic carbocycles. The van der Waals surface area contributed by atoms with Crippen LogP contribution in [0, 0.1) is 11.8 Å². The molecule has 0 aliphatic heterocycles. The van der Waals surface area contributed by atoms with Crippen LogP contribution in [0.15, 0.2) is 64.8 Å². The summed E-state index contributed by atoms with van der Waals surface area (Å²) in [4.78, 5) is 0. The molecule has 0 heterocycles. The molecule has 2 heteroatoms. The van der Waals surface area contributed by atoms with Crippen LogP contribution in [0.4, 0.5) is 0 Å². The summed E-state index contributed by atoms with van der Waals surface area (Å²) in [7, 11) is 0. The van der Waals surface area contributed by atoms with Crippen molar-refractivity contribution in [3.63, 3.8) is 0 Å². The van der Waals surface area contributed by atoms with Crippen molar-refractivity contribution in [2.24, 2.45) is 22.0 Å². The maximum atomic E-state index is 4.76. The highest BCUT2D eigenvalue weighted by molar-refractivity contribution is 6.02. The van der Waals surface area contributed by atoms with Gasteiger partial charge >= 0.3 is 0 Å². The molecule has 0 saturated heterocycles. The van der Waals surface area contributed by atoms with Crippen LogP contribution in [0.5, 0.6) is 0 Å². The molecule has 0 N–H and O–H groups in total. The van der Waals surface area contributed by atoms with Gasteiger partial charge in [-0.2, -0.15) is 10.2 Å². The average Bonchev–Trinajstić information content (AvgIpc) is 2.81. The number of unbranched alkanes of at least 4 members (excludes halogenated alkanes) is 2. The van der Waals surface area contributed by atoms with E-state index in [0.29, 0.717) is 5.92 Å². The van der Waals surface area contributed by atoms with Gasteiger partial charge in [-0.15, -0.1) is 0 Å². The summed E-state index contributed by atoms with van der Waals surface area (Å²) >= 11 is 0. The van der Waals surface area contributed by atoms with Crippen molar-refractivity contribution in [2.45, 2.75) is 78.1 Å². The zero-order valence-corrected chi connectivity index (χ0v) is 18.9. The van der Waals surface area contributed by atoms with Crippen molar-refractivity contribution in [3.8, 4) is 0 Å². The van der Waals surface area contributed by atoms with E-state index < -0.39 is 0 Å². The molecule has 0 atom stereocenters. The summed E-state index contributed by atoms with van der Waals surface area (Å²) in [5.41, 5.74) is 4.92. The highest BCUT2D eigenvalue weighted by Crippen LogP contribution is 2.34. The van der Waals surface area contributed by atoms with E-state index in [1.165, 1.54) is 74.6 Å². The van der Waals surface area contributed by atoms with Crippen molar-refractivity contribution in [1.29, 1.82) is 0 Å². The van der Waals surface area contributed by atoms with E-state index in [4.69, 9.17) is 5.10 Å². The standard InChI is InChI=1S/C28H38N2/c1-3-5-10-23-14-16-25(17-15-23)22-29-30-28(26-12-8-7-9-13-26)27-20-18-24(19-21-27)11-6-4-2/h7-9,12-17,22,24,27H,3-6,10-11,18-21H2,1-2H3/t24-,27-. The molecular weight excluding hydrogens is 364 g/mol. The normalized spacial score (nSPS) is 20.0. The van der Waals surface area contributed by atoms with Crippen molar-refractivity contribution in [3.05, 3.63) is 71.3 Å². The highest BCUT2D eigenvalue weighted by Gasteiger charge is 2.25. The van der Waals surface area contributed by atoms with Gasteiger partial charge in [-0.1, -0.05) is 94.1 Å². The van der Waals surface area contributed by atoms with Gasteiger partial charge in [-0.05, 0) is 61.1 Å². The van der Waals surface area contributed by atoms with Gasteiger partial charge in [0.25, 0.3) is 0 Å². The molecule has 0 aromatic heterocycles. The van der Waals surface area contributed by atoms with Crippen molar-refractivity contribution in [1.82, 2.24) is 0 Å². The first kappa shape index (κ1) is 22.5. The Kier molecular flexibility index (Phi) is 9.34. The van der Waals surface area contributed by atoms with Gasteiger partial charge in [0, 0.05) is 5.92 Å². The lowest BCUT2D eigenvalue weighted by Gasteiger charge is -2.29. The summed E-state index contributed by atoms with van der Waals surface area (Å²) in [5.74, 6) is 1.44. The number of nitrogens with zero attached hydrogens (tertiary/aromatic N) is 2. The lowest BCUT2D eigenvalue weighted by Crippen LogP contribution is -2.22. The largest absolute Gasteiger partial charge is 0.158 e. The quantitative estimate of drug-likeness (QED) is 0.285. The van der Waals surface area contributed by atoms with E-state index in [1.54, 1.807) is 0 Å². The molecular formula is C28H38N2. The van der Waals surface area contributed by atoms with Gasteiger partial charge in [-0.25, -0.2) is 0 Å². The Morgan fingerprint density at radius 3 is 2.23 bits per heavy atom. The van der Waals surface area contributed by atoms with Crippen molar-refractivity contribution >= 4 is 11.9 Å². The zero-order valence-electron chi connectivity index (χ0n) is 18.9. The molecule has 0 amide bonds. The monoisotopic (exact) mass is 402 g/mol. The second-order valence-electron chi connectivity index (χ2n) is 8.80. The molecule has 1 aliphatic rings. The van der Waals surface area contributed by atoms with E-state index in [2.05, 4.69) is 73.5 Å². The molecule has 0 radical (unpaired) electrons. The third kappa shape index (κ3) is 6.93. The Labute approximate surface area is 183 Å². The minimum absolute atomic E-state index is 0.527. The van der Waals surface area contributed by atoms with E-state index in [-0.39, 0.29) is 0 Å². The molecule has 2 nitrogen and oxygen atoms in total. The van der Waals surface area contributed by atoms with Gasteiger partial charge in [0.1, 0.15) is 0 Å². The third-order valence-electron chi connectivity index (χ3n) is 6.44. The van der Waals surface area contributed by atoms with Crippen LogP contribution in [0.3, 0.4) is 0 Å². The van der Waals surface area contributed by atoms with Crippen LogP contribution >= 0.6 is 0 Å². The van der Waals surface area contributed by atoms with Crippen LogP contribution in [0.1, 0.15) is 88.3 Å². The Balaban J connectivity index is 1.68. The molecule has 160 valence electrons. The summed E-state index contributed by atoms with van der Waals surface area (Å²) in [6.07, 6.45) is 14.8.